The third kappa shape index (κ3) is 5.36. The lowest BCUT2D eigenvalue weighted by molar-refractivity contribution is 0.317. The van der Waals surface area contributed by atoms with Crippen molar-refractivity contribution in [3.63, 3.8) is 0 Å². The molecule has 0 bridgehead atoms. The summed E-state index contributed by atoms with van der Waals surface area (Å²) < 4.78 is 11.4. The zero-order valence-electron chi connectivity index (χ0n) is 13.7. The number of aromatic hydroxyl groups is 1. The molecule has 124 valence electrons. The molecule has 1 N–H and O–H groups in total. The molecule has 3 nitrogen and oxygen atoms in total. The normalized spacial score (nSPS) is 10.9. The third-order valence-corrected chi connectivity index (χ3v) is 3.46. The Morgan fingerprint density at radius 3 is 2.25 bits per heavy atom. The Hall–Kier alpha value is -2.94. The largest absolute Gasteiger partial charge is 0.508 e. The van der Waals surface area contributed by atoms with Gasteiger partial charge in [0.25, 0.3) is 0 Å². The van der Waals surface area contributed by atoms with E-state index in [0.717, 1.165) is 22.6 Å². The van der Waals surface area contributed by atoms with E-state index < -0.39 is 0 Å². The molecular formula is C21H22O3. The van der Waals surface area contributed by atoms with E-state index in [-0.39, 0.29) is 0 Å². The number of allylic oxidation sites excluding steroid dienone is 2. The molecule has 0 unspecified atom stereocenters. The van der Waals surface area contributed by atoms with Crippen molar-refractivity contribution in [2.24, 2.45) is 0 Å². The molecule has 0 saturated carbocycles. The highest BCUT2D eigenvalue weighted by Gasteiger charge is 2.01. The first kappa shape index (κ1) is 17.4. The molecule has 0 fully saturated rings. The summed E-state index contributed by atoms with van der Waals surface area (Å²) in [4.78, 5) is 0. The van der Waals surface area contributed by atoms with Gasteiger partial charge < -0.3 is 14.6 Å². The lowest BCUT2D eigenvalue weighted by Crippen LogP contribution is -2.02. The van der Waals surface area contributed by atoms with Gasteiger partial charge in [0.2, 0.25) is 0 Å². The standard InChI is InChI=1S/C21H22O3/c1-3-7-17(4-2)16-24-20-12-10-19(11-13-20)23-15-14-18-8-5-6-9-21(18)22/h3-13,22H,1-2,14-16H2/b17-7+. The first-order valence-electron chi connectivity index (χ1n) is 7.79. The molecule has 3 heteroatoms. The van der Waals surface area contributed by atoms with Crippen LogP contribution in [0, 0.1) is 0 Å². The van der Waals surface area contributed by atoms with Gasteiger partial charge in [-0.2, -0.15) is 0 Å². The number of hydrogen-bond donors (Lipinski definition) is 1. The number of hydrogen-bond acceptors (Lipinski definition) is 3. The summed E-state index contributed by atoms with van der Waals surface area (Å²) in [5, 5.41) is 9.72. The second-order valence-corrected chi connectivity index (χ2v) is 5.17. The van der Waals surface area contributed by atoms with Gasteiger partial charge in [-0.3, -0.25) is 0 Å². The first-order valence-corrected chi connectivity index (χ1v) is 7.79. The molecule has 0 atom stereocenters. The Bertz CT molecular complexity index is 699. The van der Waals surface area contributed by atoms with Gasteiger partial charge in [0.1, 0.15) is 23.9 Å². The summed E-state index contributed by atoms with van der Waals surface area (Å²) in [6.45, 7) is 8.34. The van der Waals surface area contributed by atoms with Gasteiger partial charge in [-0.05, 0) is 41.5 Å². The summed E-state index contributed by atoms with van der Waals surface area (Å²) in [6.07, 6.45) is 5.98. The lowest BCUT2D eigenvalue weighted by atomic mass is 10.1. The van der Waals surface area contributed by atoms with Crippen LogP contribution < -0.4 is 9.47 Å². The van der Waals surface area contributed by atoms with E-state index in [2.05, 4.69) is 13.2 Å². The van der Waals surface area contributed by atoms with Crippen LogP contribution in [0.3, 0.4) is 0 Å². The quantitative estimate of drug-likeness (QED) is 0.681. The van der Waals surface area contributed by atoms with Crippen LogP contribution in [0.2, 0.25) is 0 Å². The van der Waals surface area contributed by atoms with E-state index in [1.54, 1.807) is 24.3 Å². The summed E-state index contributed by atoms with van der Waals surface area (Å²) >= 11 is 0. The summed E-state index contributed by atoms with van der Waals surface area (Å²) in [5.74, 6) is 1.83. The predicted octanol–water partition coefficient (Wildman–Crippen LogP) is 4.69. The molecule has 24 heavy (non-hydrogen) atoms. The van der Waals surface area contributed by atoms with Crippen LogP contribution in [0.1, 0.15) is 5.56 Å². The number of benzene rings is 2. The monoisotopic (exact) mass is 322 g/mol. The van der Waals surface area contributed by atoms with Crippen LogP contribution in [0.25, 0.3) is 0 Å². The van der Waals surface area contributed by atoms with Gasteiger partial charge in [0.05, 0.1) is 6.61 Å². The zero-order valence-corrected chi connectivity index (χ0v) is 13.7. The average Bonchev–Trinajstić information content (AvgIpc) is 2.61. The minimum atomic E-state index is 0.301. The molecule has 0 saturated heterocycles. The van der Waals surface area contributed by atoms with Gasteiger partial charge in [0, 0.05) is 6.42 Å². The van der Waals surface area contributed by atoms with Crippen molar-refractivity contribution in [1.82, 2.24) is 0 Å². The summed E-state index contributed by atoms with van der Waals surface area (Å²) in [6, 6.07) is 14.7. The fourth-order valence-electron chi connectivity index (χ4n) is 2.13. The Labute approximate surface area is 143 Å². The lowest BCUT2D eigenvalue weighted by Gasteiger charge is -2.09. The maximum absolute atomic E-state index is 9.72. The van der Waals surface area contributed by atoms with E-state index in [0.29, 0.717) is 25.4 Å². The number of phenols is 1. The van der Waals surface area contributed by atoms with E-state index in [1.165, 1.54) is 0 Å². The van der Waals surface area contributed by atoms with Crippen LogP contribution in [0.4, 0.5) is 0 Å². The van der Waals surface area contributed by atoms with Crippen molar-refractivity contribution >= 4 is 0 Å². The minimum absolute atomic E-state index is 0.301. The highest BCUT2D eigenvalue weighted by molar-refractivity contribution is 5.33. The molecule has 0 spiro atoms. The highest BCUT2D eigenvalue weighted by Crippen LogP contribution is 2.20. The van der Waals surface area contributed by atoms with Crippen molar-refractivity contribution in [3.8, 4) is 17.2 Å². The maximum Gasteiger partial charge on any atom is 0.120 e. The Morgan fingerprint density at radius 2 is 1.62 bits per heavy atom. The van der Waals surface area contributed by atoms with Crippen molar-refractivity contribution < 1.29 is 14.6 Å². The molecule has 2 aromatic carbocycles. The molecule has 2 rings (SSSR count). The molecule has 0 aliphatic carbocycles. The molecule has 2 aromatic rings. The minimum Gasteiger partial charge on any atom is -0.508 e. The Kier molecular flexibility index (Phi) is 6.72. The van der Waals surface area contributed by atoms with Crippen molar-refractivity contribution in [1.29, 1.82) is 0 Å². The van der Waals surface area contributed by atoms with Crippen molar-refractivity contribution in [3.05, 3.63) is 91.1 Å². The molecular weight excluding hydrogens is 300 g/mol. The number of rotatable bonds is 9. The van der Waals surface area contributed by atoms with Gasteiger partial charge in [0.15, 0.2) is 0 Å². The number of ether oxygens (including phenoxy) is 2. The highest BCUT2D eigenvalue weighted by atomic mass is 16.5. The number of para-hydroxylation sites is 1. The second-order valence-electron chi connectivity index (χ2n) is 5.17. The molecule has 0 amide bonds. The van der Waals surface area contributed by atoms with E-state index >= 15 is 0 Å². The van der Waals surface area contributed by atoms with Crippen LogP contribution in [0.5, 0.6) is 17.2 Å². The summed E-state index contributed by atoms with van der Waals surface area (Å²) in [5.41, 5.74) is 1.84. The second kappa shape index (κ2) is 9.26. The number of phenolic OH excluding ortho intramolecular Hbond substituents is 1. The zero-order chi connectivity index (χ0) is 17.2. The first-order chi connectivity index (χ1) is 11.7. The van der Waals surface area contributed by atoms with Gasteiger partial charge in [-0.25, -0.2) is 0 Å². The Balaban J connectivity index is 1.81. The summed E-state index contributed by atoms with van der Waals surface area (Å²) in [7, 11) is 0. The maximum atomic E-state index is 9.72. The van der Waals surface area contributed by atoms with Crippen LogP contribution >= 0.6 is 0 Å². The van der Waals surface area contributed by atoms with Gasteiger partial charge in [-0.15, -0.1) is 0 Å². The topological polar surface area (TPSA) is 38.7 Å². The third-order valence-electron chi connectivity index (χ3n) is 3.46. The molecule has 0 aliphatic rings. The van der Waals surface area contributed by atoms with Crippen LogP contribution in [0.15, 0.2) is 85.5 Å². The van der Waals surface area contributed by atoms with Crippen LogP contribution in [-0.4, -0.2) is 18.3 Å². The molecule has 0 aliphatic heterocycles. The fourth-order valence-corrected chi connectivity index (χ4v) is 2.13. The van der Waals surface area contributed by atoms with Crippen molar-refractivity contribution in [2.75, 3.05) is 13.2 Å². The smallest absolute Gasteiger partial charge is 0.120 e. The van der Waals surface area contributed by atoms with E-state index in [4.69, 9.17) is 9.47 Å². The predicted molar refractivity (Wildman–Crippen MR) is 97.7 cm³/mol. The average molecular weight is 322 g/mol. The molecule has 0 radical (unpaired) electrons. The van der Waals surface area contributed by atoms with Crippen LogP contribution in [-0.2, 0) is 6.42 Å². The van der Waals surface area contributed by atoms with E-state index in [9.17, 15) is 5.11 Å². The van der Waals surface area contributed by atoms with Gasteiger partial charge >= 0.3 is 0 Å². The fraction of sp³-hybridized carbons (Fsp3) is 0.143. The SMILES string of the molecule is C=C/C=C(\C=C)COc1ccc(OCCc2ccccc2O)cc1. The molecule has 0 heterocycles. The van der Waals surface area contributed by atoms with E-state index in [1.807, 2.05) is 42.5 Å². The van der Waals surface area contributed by atoms with Crippen molar-refractivity contribution in [2.45, 2.75) is 6.42 Å². The van der Waals surface area contributed by atoms with Gasteiger partial charge in [-0.1, -0.05) is 49.6 Å². The molecule has 0 aromatic heterocycles. The Morgan fingerprint density at radius 1 is 0.958 bits per heavy atom.